The van der Waals surface area contributed by atoms with Gasteiger partial charge in [0.1, 0.15) is 0 Å². The first-order chi connectivity index (χ1) is 51.6. The summed E-state index contributed by atoms with van der Waals surface area (Å²) in [4.78, 5) is 52.6. The van der Waals surface area contributed by atoms with Gasteiger partial charge in [-0.2, -0.15) is 0 Å². The maximum absolute atomic E-state index is 13.3. The number of hydrogen-bond acceptors (Lipinski definition) is 6. The fourth-order valence-electron chi connectivity index (χ4n) is 16.4. The lowest BCUT2D eigenvalue weighted by Gasteiger charge is -2.20. The predicted octanol–water partition coefficient (Wildman–Crippen LogP) is 22.2. The van der Waals surface area contributed by atoms with Crippen LogP contribution in [0.3, 0.4) is 0 Å². The second kappa shape index (κ2) is 29.2. The molecule has 2 aliphatic heterocycles. The molecule has 10 nitrogen and oxygen atoms in total. The van der Waals surface area contributed by atoms with Crippen molar-refractivity contribution in [3.63, 3.8) is 0 Å². The molecule has 0 fully saturated rings. The van der Waals surface area contributed by atoms with E-state index in [1.807, 2.05) is 127 Å². The molecule has 10 heteroatoms. The zero-order chi connectivity index (χ0) is 71.7. The number of Topliss-reactive ketones (excluding diaryl/α,β-unsaturated/α-hetero) is 1. The Labute approximate surface area is 610 Å². The lowest BCUT2D eigenvalue weighted by atomic mass is 9.92. The van der Waals surface area contributed by atoms with Gasteiger partial charge in [0.05, 0.1) is 0 Å². The second-order valence-corrected chi connectivity index (χ2v) is 27.3. The zero-order valence-electron chi connectivity index (χ0n) is 59.8. The first-order valence-electron chi connectivity index (χ1n) is 37.1. The third kappa shape index (κ3) is 12.5. The van der Waals surface area contributed by atoms with Crippen LogP contribution in [-0.2, 0) is 45.4 Å². The van der Waals surface area contributed by atoms with E-state index < -0.39 is 0 Å². The maximum atomic E-state index is 13.3. The molecule has 0 aliphatic carbocycles. The van der Waals surface area contributed by atoms with Gasteiger partial charge in [-0.15, -0.1) is 0 Å². The Morgan fingerprint density at radius 3 is 1.20 bits per heavy atom. The Morgan fingerprint density at radius 1 is 0.314 bits per heavy atom. The molecule has 13 aromatic carbocycles. The summed E-state index contributed by atoms with van der Waals surface area (Å²) in [5.74, 6) is 0.445. The number of benzene rings is 13. The van der Waals surface area contributed by atoms with Gasteiger partial charge < -0.3 is 28.9 Å². The number of ketones is 4. The number of rotatable bonds is 13. The maximum Gasteiger partial charge on any atom is 0.195 e. The molecule has 2 N–H and O–H groups in total. The summed E-state index contributed by atoms with van der Waals surface area (Å²) in [5, 5.41) is 18.4. The fraction of sp³-hybridized carbons (Fsp3) is 0.158. The number of anilines is 2. The molecule has 0 radical (unpaired) electrons. The second-order valence-electron chi connectivity index (χ2n) is 27.3. The van der Waals surface area contributed by atoms with Gasteiger partial charge in [0.15, 0.2) is 23.1 Å². The van der Waals surface area contributed by atoms with E-state index in [4.69, 9.17) is 0 Å². The van der Waals surface area contributed by atoms with E-state index >= 15 is 0 Å². The fourth-order valence-corrected chi connectivity index (χ4v) is 16.4. The third-order valence-electron chi connectivity index (χ3n) is 21.4. The quantitative estimate of drug-likeness (QED) is 0.111. The molecule has 2 aliphatic rings. The Kier molecular flexibility index (Phi) is 18.6. The van der Waals surface area contributed by atoms with Crippen molar-refractivity contribution in [2.24, 2.45) is 0 Å². The molecule has 19 rings (SSSR count). The smallest absolute Gasteiger partial charge is 0.195 e. The van der Waals surface area contributed by atoms with Crippen LogP contribution in [0.1, 0.15) is 115 Å². The van der Waals surface area contributed by atoms with E-state index in [9.17, 15) is 19.2 Å². The number of carbonyl (C=O) groups is 4. The number of nitrogens with one attached hydrogen (secondary N) is 2. The van der Waals surface area contributed by atoms with Gasteiger partial charge in [0.25, 0.3) is 0 Å². The molecule has 0 spiro atoms. The van der Waals surface area contributed by atoms with Gasteiger partial charge in [-0.25, -0.2) is 0 Å². The summed E-state index contributed by atoms with van der Waals surface area (Å²) < 4.78 is 9.23. The monoisotopic (exact) mass is 1370 g/mol. The zero-order valence-corrected chi connectivity index (χ0v) is 59.8. The van der Waals surface area contributed by atoms with E-state index in [0.29, 0.717) is 6.42 Å². The average molecular weight is 1370 g/mol. The van der Waals surface area contributed by atoms with Crippen LogP contribution in [0.15, 0.2) is 279 Å². The SMILES string of the molecule is CCn1c2ccccc2c2cc(C(=O)Cc3ccccc3)ccc21.CCn1c2ccccc2c2cc(C(=O)c3cccc4c3CCCN4)ccc21.CCn1c2ccccc2c2cc(C(=O)c3cccc4c3NCCC4)ccc21.CCn1c2ccccc2c2cc(C(=O)c3cccc4ccccc34)ccc21. The Morgan fingerprint density at radius 2 is 0.686 bits per heavy atom. The van der Waals surface area contributed by atoms with Crippen molar-refractivity contribution in [2.75, 3.05) is 23.7 Å². The van der Waals surface area contributed by atoms with Crippen molar-refractivity contribution >= 4 is 133 Å². The summed E-state index contributed by atoms with van der Waals surface area (Å²) in [5.41, 5.74) is 20.6. The molecular weight excluding hydrogens is 1290 g/mol. The van der Waals surface area contributed by atoms with E-state index in [-0.39, 0.29) is 23.1 Å². The highest BCUT2D eigenvalue weighted by Crippen LogP contribution is 2.37. The normalized spacial score (nSPS) is 12.5. The van der Waals surface area contributed by atoms with Gasteiger partial charge in [0.2, 0.25) is 0 Å². The van der Waals surface area contributed by atoms with Crippen LogP contribution in [0.4, 0.5) is 11.4 Å². The van der Waals surface area contributed by atoms with Crippen molar-refractivity contribution in [1.82, 2.24) is 18.3 Å². The molecule has 0 unspecified atom stereocenters. The van der Waals surface area contributed by atoms with Crippen molar-refractivity contribution < 1.29 is 19.2 Å². The van der Waals surface area contributed by atoms with Gasteiger partial charge >= 0.3 is 0 Å². The van der Waals surface area contributed by atoms with Crippen LogP contribution in [0.2, 0.25) is 0 Å². The number of fused-ring (bicyclic) bond motifs is 15. The summed E-state index contributed by atoms with van der Waals surface area (Å²) in [6, 6.07) is 94.1. The Bertz CT molecular complexity index is 6050. The standard InChI is InChI=1S/C25H19NO.2C24H22N2O.C22H19NO/c1-2-26-23-13-6-5-11-20(23)22-16-18(14-15-24(22)26)25(27)21-12-7-9-17-8-3-4-10-19(17)21;1-2-26-21-11-4-3-9-18(21)20-15-17(12-13-22(20)26)24(27)19-10-5-7-16-8-6-14-25-23(16)19;1-2-26-22-11-4-3-7-18(22)20-15-16(12-13-23(20)26)24(27)19-8-5-10-21-17(19)9-6-14-25-21;1-2-23-20-11-7-6-10-18(20)19-15-17(12-13-21(19)23)22(24)14-16-8-4-3-5-9-16/h3-16H,2H2,1H3;3-5,7,9-13,15,25H,2,6,8,14H2,1H3;3-5,7-8,10-13,15,25H,2,6,9,14H2,1H3;3-13,15H,2,14H2,1H3. The lowest BCUT2D eigenvalue weighted by molar-refractivity contribution is 0.0990. The van der Waals surface area contributed by atoms with E-state index in [2.05, 4.69) is 208 Å². The highest BCUT2D eigenvalue weighted by Gasteiger charge is 2.24. The minimum absolute atomic E-state index is 0.0713. The summed E-state index contributed by atoms with van der Waals surface area (Å²) in [7, 11) is 0. The Hall–Kier alpha value is -12.4. The first kappa shape index (κ1) is 67.1. The van der Waals surface area contributed by atoms with Crippen LogP contribution < -0.4 is 10.6 Å². The molecule has 6 heterocycles. The molecule has 0 saturated heterocycles. The number of carbonyl (C=O) groups excluding carboxylic acids is 4. The molecule has 17 aromatic rings. The number of hydrogen-bond donors (Lipinski definition) is 2. The Balaban J connectivity index is 0.000000108. The molecule has 105 heavy (non-hydrogen) atoms. The highest BCUT2D eigenvalue weighted by atomic mass is 16.1. The summed E-state index contributed by atoms with van der Waals surface area (Å²) in [6.45, 7) is 14.2. The average Bonchev–Trinajstić information content (AvgIpc) is 1.61. The van der Waals surface area contributed by atoms with E-state index in [1.165, 1.54) is 71.2 Å². The molecular formula is C95H82N6O4. The van der Waals surface area contributed by atoms with Crippen molar-refractivity contribution in [3.05, 3.63) is 335 Å². The number of para-hydroxylation sites is 5. The van der Waals surface area contributed by atoms with Crippen molar-refractivity contribution in [2.45, 2.75) is 86.0 Å². The van der Waals surface area contributed by atoms with Gasteiger partial charge in [-0.1, -0.05) is 170 Å². The molecule has 0 amide bonds. The summed E-state index contributed by atoms with van der Waals surface area (Å²) in [6.07, 6.45) is 4.63. The largest absolute Gasteiger partial charge is 0.385 e. The van der Waals surface area contributed by atoms with Gasteiger partial charge in [0, 0.05) is 183 Å². The molecule has 0 saturated carbocycles. The van der Waals surface area contributed by atoms with Gasteiger partial charge in [-0.3, -0.25) is 19.2 Å². The van der Waals surface area contributed by atoms with Crippen LogP contribution >= 0.6 is 0 Å². The third-order valence-corrected chi connectivity index (χ3v) is 21.4. The molecule has 516 valence electrons. The lowest BCUT2D eigenvalue weighted by Crippen LogP contribution is -2.16. The first-order valence-corrected chi connectivity index (χ1v) is 37.1. The molecule has 0 bridgehead atoms. The molecule has 0 atom stereocenters. The minimum Gasteiger partial charge on any atom is -0.385 e. The van der Waals surface area contributed by atoms with Crippen molar-refractivity contribution in [3.8, 4) is 0 Å². The van der Waals surface area contributed by atoms with E-state index in [0.717, 1.165) is 159 Å². The number of nitrogens with zero attached hydrogens (tertiary/aromatic N) is 4. The minimum atomic E-state index is 0.0713. The van der Waals surface area contributed by atoms with Crippen LogP contribution in [-0.4, -0.2) is 54.5 Å². The predicted molar refractivity (Wildman–Crippen MR) is 436 cm³/mol. The van der Waals surface area contributed by atoms with Crippen LogP contribution in [0.25, 0.3) is 98.0 Å². The topological polar surface area (TPSA) is 112 Å². The molecule has 4 aromatic heterocycles. The number of aromatic nitrogens is 4. The van der Waals surface area contributed by atoms with Crippen molar-refractivity contribution in [1.29, 1.82) is 0 Å². The number of aryl methyl sites for hydroxylation is 5. The van der Waals surface area contributed by atoms with Crippen LogP contribution in [0.5, 0.6) is 0 Å². The van der Waals surface area contributed by atoms with E-state index in [1.54, 1.807) is 0 Å². The van der Waals surface area contributed by atoms with Gasteiger partial charge in [-0.05, 0) is 190 Å². The van der Waals surface area contributed by atoms with Crippen LogP contribution in [0, 0.1) is 0 Å². The highest BCUT2D eigenvalue weighted by molar-refractivity contribution is 6.21. The summed E-state index contributed by atoms with van der Waals surface area (Å²) >= 11 is 0.